The molecule has 1 aliphatic carbocycles. The molecule has 0 aromatic carbocycles. The van der Waals surface area contributed by atoms with E-state index in [1.807, 2.05) is 6.92 Å². The molecule has 1 unspecified atom stereocenters. The van der Waals surface area contributed by atoms with Crippen LogP contribution in [-0.4, -0.2) is 37.5 Å². The van der Waals surface area contributed by atoms with Gasteiger partial charge in [-0.15, -0.1) is 0 Å². The van der Waals surface area contributed by atoms with E-state index in [1.54, 1.807) is 7.11 Å². The third-order valence-corrected chi connectivity index (χ3v) is 2.49. The largest absolute Gasteiger partial charge is 0.396 e. The van der Waals surface area contributed by atoms with Crippen molar-refractivity contribution < 1.29 is 9.84 Å². The Balaban J connectivity index is 1.96. The highest BCUT2D eigenvalue weighted by molar-refractivity contribution is 4.85. The molecule has 1 fully saturated rings. The van der Waals surface area contributed by atoms with Crippen molar-refractivity contribution >= 4 is 0 Å². The van der Waals surface area contributed by atoms with E-state index in [1.165, 1.54) is 0 Å². The lowest BCUT2D eigenvalue weighted by molar-refractivity contribution is 0.0160. The fraction of sp³-hybridized carbons (Fsp3) is 1.00. The lowest BCUT2D eigenvalue weighted by Gasteiger charge is -2.35. The molecule has 1 saturated carbocycles. The summed E-state index contributed by atoms with van der Waals surface area (Å²) in [7, 11) is 1.76. The molecule has 72 valence electrons. The second-order valence-corrected chi connectivity index (χ2v) is 3.72. The summed E-state index contributed by atoms with van der Waals surface area (Å²) in [6.45, 7) is 3.23. The number of aliphatic hydroxyl groups is 1. The zero-order valence-electron chi connectivity index (χ0n) is 7.92. The van der Waals surface area contributed by atoms with Gasteiger partial charge in [-0.25, -0.2) is 0 Å². The molecule has 0 aromatic heterocycles. The molecular weight excluding hydrogens is 154 g/mol. The van der Waals surface area contributed by atoms with Crippen LogP contribution in [-0.2, 0) is 4.74 Å². The minimum absolute atomic E-state index is 0.271. The normalized spacial score (nSPS) is 31.2. The van der Waals surface area contributed by atoms with Gasteiger partial charge >= 0.3 is 0 Å². The van der Waals surface area contributed by atoms with E-state index in [0.29, 0.717) is 18.1 Å². The van der Waals surface area contributed by atoms with E-state index in [0.717, 1.165) is 19.4 Å². The van der Waals surface area contributed by atoms with Gasteiger partial charge in [0, 0.05) is 26.3 Å². The Morgan fingerprint density at radius 1 is 1.58 bits per heavy atom. The third kappa shape index (κ3) is 2.73. The maximum Gasteiger partial charge on any atom is 0.0601 e. The van der Waals surface area contributed by atoms with Crippen molar-refractivity contribution in [3.8, 4) is 0 Å². The van der Waals surface area contributed by atoms with Crippen LogP contribution >= 0.6 is 0 Å². The second-order valence-electron chi connectivity index (χ2n) is 3.72. The first-order chi connectivity index (χ1) is 5.76. The molecule has 2 N–H and O–H groups in total. The first-order valence-corrected chi connectivity index (χ1v) is 4.63. The van der Waals surface area contributed by atoms with Crippen molar-refractivity contribution in [1.82, 2.24) is 5.32 Å². The molecule has 1 aliphatic rings. The van der Waals surface area contributed by atoms with E-state index >= 15 is 0 Å². The van der Waals surface area contributed by atoms with Gasteiger partial charge in [-0.05, 0) is 18.8 Å². The summed E-state index contributed by atoms with van der Waals surface area (Å²) in [5.74, 6) is 0.367. The summed E-state index contributed by atoms with van der Waals surface area (Å²) in [4.78, 5) is 0. The van der Waals surface area contributed by atoms with Crippen molar-refractivity contribution in [1.29, 1.82) is 0 Å². The first kappa shape index (κ1) is 9.96. The molecule has 1 atom stereocenters. The SMILES string of the molecule is COC1CC(NCC(C)CO)C1. The molecule has 0 radical (unpaired) electrons. The van der Waals surface area contributed by atoms with Gasteiger partial charge in [0.15, 0.2) is 0 Å². The van der Waals surface area contributed by atoms with Crippen LogP contribution in [0.5, 0.6) is 0 Å². The highest BCUT2D eigenvalue weighted by Crippen LogP contribution is 2.22. The first-order valence-electron chi connectivity index (χ1n) is 4.63. The Kier molecular flexibility index (Phi) is 3.98. The smallest absolute Gasteiger partial charge is 0.0601 e. The summed E-state index contributed by atoms with van der Waals surface area (Å²) in [5.41, 5.74) is 0. The molecule has 0 aromatic rings. The van der Waals surface area contributed by atoms with Crippen molar-refractivity contribution in [2.75, 3.05) is 20.3 Å². The Bertz CT molecular complexity index is 124. The van der Waals surface area contributed by atoms with Crippen LogP contribution in [0.15, 0.2) is 0 Å². The van der Waals surface area contributed by atoms with Crippen LogP contribution in [0, 0.1) is 5.92 Å². The third-order valence-electron chi connectivity index (χ3n) is 2.49. The zero-order valence-corrected chi connectivity index (χ0v) is 7.92. The van der Waals surface area contributed by atoms with E-state index in [9.17, 15) is 0 Å². The van der Waals surface area contributed by atoms with Crippen LogP contribution in [0.4, 0.5) is 0 Å². The number of aliphatic hydroxyl groups excluding tert-OH is 1. The summed E-state index contributed by atoms with van der Waals surface area (Å²) < 4.78 is 5.16. The van der Waals surface area contributed by atoms with Crippen LogP contribution in [0.25, 0.3) is 0 Å². The molecule has 0 heterocycles. The Labute approximate surface area is 74.1 Å². The predicted octanol–water partition coefficient (Wildman–Crippen LogP) is 0.382. The van der Waals surface area contributed by atoms with Crippen molar-refractivity contribution in [3.05, 3.63) is 0 Å². The molecule has 1 rings (SSSR count). The molecule has 0 amide bonds. The fourth-order valence-electron chi connectivity index (χ4n) is 1.36. The number of nitrogens with one attached hydrogen (secondary N) is 1. The van der Waals surface area contributed by atoms with Crippen molar-refractivity contribution in [2.24, 2.45) is 5.92 Å². The Morgan fingerprint density at radius 2 is 2.25 bits per heavy atom. The van der Waals surface area contributed by atoms with Crippen LogP contribution in [0.1, 0.15) is 19.8 Å². The Hall–Kier alpha value is -0.120. The molecule has 0 saturated heterocycles. The van der Waals surface area contributed by atoms with Gasteiger partial charge in [0.1, 0.15) is 0 Å². The van der Waals surface area contributed by atoms with E-state index in [-0.39, 0.29) is 6.61 Å². The second kappa shape index (κ2) is 4.80. The zero-order chi connectivity index (χ0) is 8.97. The standard InChI is InChI=1S/C9H19NO2/c1-7(6-11)5-10-8-3-9(4-8)12-2/h7-11H,3-6H2,1-2H3. The number of methoxy groups -OCH3 is 1. The quantitative estimate of drug-likeness (QED) is 0.631. The lowest BCUT2D eigenvalue weighted by atomic mass is 9.89. The summed E-state index contributed by atoms with van der Waals surface area (Å²) >= 11 is 0. The van der Waals surface area contributed by atoms with Crippen molar-refractivity contribution in [2.45, 2.75) is 31.9 Å². The highest BCUT2D eigenvalue weighted by atomic mass is 16.5. The van der Waals surface area contributed by atoms with Gasteiger partial charge in [-0.3, -0.25) is 0 Å². The minimum atomic E-state index is 0.271. The minimum Gasteiger partial charge on any atom is -0.396 e. The fourth-order valence-corrected chi connectivity index (χ4v) is 1.36. The van der Waals surface area contributed by atoms with Gasteiger partial charge in [0.05, 0.1) is 6.10 Å². The number of rotatable bonds is 5. The summed E-state index contributed by atoms with van der Waals surface area (Å²) in [5, 5.41) is 12.2. The van der Waals surface area contributed by atoms with Gasteiger partial charge in [0.25, 0.3) is 0 Å². The Morgan fingerprint density at radius 3 is 2.75 bits per heavy atom. The molecule has 12 heavy (non-hydrogen) atoms. The summed E-state index contributed by atoms with van der Waals surface area (Å²) in [6.07, 6.45) is 2.70. The van der Waals surface area contributed by atoms with E-state index in [2.05, 4.69) is 5.32 Å². The highest BCUT2D eigenvalue weighted by Gasteiger charge is 2.28. The molecule has 3 nitrogen and oxygen atoms in total. The molecule has 0 spiro atoms. The topological polar surface area (TPSA) is 41.5 Å². The van der Waals surface area contributed by atoms with E-state index < -0.39 is 0 Å². The van der Waals surface area contributed by atoms with Gasteiger partial charge < -0.3 is 15.2 Å². The maximum atomic E-state index is 8.77. The predicted molar refractivity (Wildman–Crippen MR) is 48.1 cm³/mol. The number of hydrogen-bond acceptors (Lipinski definition) is 3. The maximum absolute atomic E-state index is 8.77. The van der Waals surface area contributed by atoms with Crippen LogP contribution < -0.4 is 5.32 Å². The molecular formula is C9H19NO2. The molecule has 0 bridgehead atoms. The van der Waals surface area contributed by atoms with Gasteiger partial charge in [-0.2, -0.15) is 0 Å². The van der Waals surface area contributed by atoms with Crippen LogP contribution in [0.3, 0.4) is 0 Å². The average molecular weight is 173 g/mol. The molecule has 3 heteroatoms. The monoisotopic (exact) mass is 173 g/mol. The lowest BCUT2D eigenvalue weighted by Crippen LogP contribution is -2.46. The average Bonchev–Trinajstić information content (AvgIpc) is 2.01. The van der Waals surface area contributed by atoms with Gasteiger partial charge in [0.2, 0.25) is 0 Å². The molecule has 0 aliphatic heterocycles. The van der Waals surface area contributed by atoms with Gasteiger partial charge in [-0.1, -0.05) is 6.92 Å². The number of hydrogen-bond donors (Lipinski definition) is 2. The van der Waals surface area contributed by atoms with Crippen molar-refractivity contribution in [3.63, 3.8) is 0 Å². The summed E-state index contributed by atoms with van der Waals surface area (Å²) in [6, 6.07) is 0.615. The van der Waals surface area contributed by atoms with Crippen LogP contribution in [0.2, 0.25) is 0 Å². The van der Waals surface area contributed by atoms with E-state index in [4.69, 9.17) is 9.84 Å². The number of ether oxygens (including phenoxy) is 1.